The van der Waals surface area contributed by atoms with Crippen LogP contribution in [-0.4, -0.2) is 30.0 Å². The summed E-state index contributed by atoms with van der Waals surface area (Å²) in [6, 6.07) is 12.1. The van der Waals surface area contributed by atoms with Gasteiger partial charge in [0.15, 0.2) is 0 Å². The Hall–Kier alpha value is -2.89. The van der Waals surface area contributed by atoms with E-state index in [4.69, 9.17) is 0 Å². The maximum absolute atomic E-state index is 12.1. The molecule has 6 heteroatoms. The van der Waals surface area contributed by atoms with E-state index in [2.05, 4.69) is 15.6 Å². The Labute approximate surface area is 121 Å². The molecular weight excluding hydrogens is 268 g/mol. The van der Waals surface area contributed by atoms with Crippen molar-refractivity contribution < 1.29 is 9.59 Å². The molecule has 2 aromatic rings. The van der Waals surface area contributed by atoms with Crippen LogP contribution in [0.3, 0.4) is 0 Å². The average molecular weight is 282 g/mol. The standard InChI is InChI=1S/C15H14N4O2/c20-14(18-13-3-1-2-8-16-13)11-4-6-12(7-5-11)19-10-9-17-15(19)21/h1-8H,9-10H2,(H,17,21)(H,16,18,20). The van der Waals surface area contributed by atoms with Gasteiger partial charge in [0.2, 0.25) is 0 Å². The van der Waals surface area contributed by atoms with Gasteiger partial charge in [-0.25, -0.2) is 9.78 Å². The minimum absolute atomic E-state index is 0.110. The molecule has 0 unspecified atom stereocenters. The molecule has 1 saturated heterocycles. The van der Waals surface area contributed by atoms with E-state index in [1.807, 2.05) is 0 Å². The molecule has 6 nitrogen and oxygen atoms in total. The van der Waals surface area contributed by atoms with E-state index in [-0.39, 0.29) is 11.9 Å². The second-order valence-electron chi connectivity index (χ2n) is 4.60. The summed E-state index contributed by atoms with van der Waals surface area (Å²) in [5, 5.41) is 5.45. The van der Waals surface area contributed by atoms with Crippen LogP contribution < -0.4 is 15.5 Å². The number of carbonyl (C=O) groups excluding carboxylic acids is 2. The Bertz CT molecular complexity index is 655. The Morgan fingerprint density at radius 3 is 2.62 bits per heavy atom. The van der Waals surface area contributed by atoms with Crippen LogP contribution in [0.25, 0.3) is 0 Å². The van der Waals surface area contributed by atoms with Crippen molar-refractivity contribution in [2.24, 2.45) is 0 Å². The topological polar surface area (TPSA) is 74.3 Å². The highest BCUT2D eigenvalue weighted by Crippen LogP contribution is 2.17. The normalized spacial score (nSPS) is 13.9. The van der Waals surface area contributed by atoms with Crippen molar-refractivity contribution in [3.63, 3.8) is 0 Å². The third kappa shape index (κ3) is 2.84. The molecule has 1 aromatic heterocycles. The first-order valence-electron chi connectivity index (χ1n) is 6.62. The fourth-order valence-electron chi connectivity index (χ4n) is 2.14. The molecule has 0 aliphatic carbocycles. The maximum atomic E-state index is 12.1. The van der Waals surface area contributed by atoms with Crippen molar-refractivity contribution in [3.05, 3.63) is 54.2 Å². The molecule has 0 spiro atoms. The van der Waals surface area contributed by atoms with Gasteiger partial charge >= 0.3 is 6.03 Å². The fraction of sp³-hybridized carbons (Fsp3) is 0.133. The first kappa shape index (κ1) is 13.1. The van der Waals surface area contributed by atoms with Crippen molar-refractivity contribution in [2.45, 2.75) is 0 Å². The lowest BCUT2D eigenvalue weighted by Gasteiger charge is -2.14. The Balaban J connectivity index is 1.72. The van der Waals surface area contributed by atoms with E-state index in [0.717, 1.165) is 5.69 Å². The molecule has 2 heterocycles. The lowest BCUT2D eigenvalue weighted by Crippen LogP contribution is -2.27. The molecule has 106 valence electrons. The molecule has 0 bridgehead atoms. The third-order valence-electron chi connectivity index (χ3n) is 3.20. The van der Waals surface area contributed by atoms with Crippen LogP contribution in [0, 0.1) is 0 Å². The summed E-state index contributed by atoms with van der Waals surface area (Å²) < 4.78 is 0. The third-order valence-corrected chi connectivity index (χ3v) is 3.20. The first-order chi connectivity index (χ1) is 10.2. The van der Waals surface area contributed by atoms with Crippen LogP contribution >= 0.6 is 0 Å². The number of nitrogens with one attached hydrogen (secondary N) is 2. The summed E-state index contributed by atoms with van der Waals surface area (Å²) >= 11 is 0. The zero-order valence-corrected chi connectivity index (χ0v) is 11.2. The predicted molar refractivity (Wildman–Crippen MR) is 79.4 cm³/mol. The molecule has 1 aromatic carbocycles. The number of hydrogen-bond acceptors (Lipinski definition) is 3. The van der Waals surface area contributed by atoms with Gasteiger partial charge in [-0.15, -0.1) is 0 Å². The molecule has 1 aliphatic heterocycles. The van der Waals surface area contributed by atoms with Crippen LogP contribution in [0.15, 0.2) is 48.7 Å². The van der Waals surface area contributed by atoms with E-state index < -0.39 is 0 Å². The smallest absolute Gasteiger partial charge is 0.321 e. The number of rotatable bonds is 3. The second kappa shape index (κ2) is 5.62. The summed E-state index contributed by atoms with van der Waals surface area (Å²) in [4.78, 5) is 29.3. The monoisotopic (exact) mass is 282 g/mol. The summed E-state index contributed by atoms with van der Waals surface area (Å²) in [5.41, 5.74) is 1.29. The van der Waals surface area contributed by atoms with Crippen LogP contribution in [0.5, 0.6) is 0 Å². The number of aromatic nitrogens is 1. The highest BCUT2D eigenvalue weighted by molar-refractivity contribution is 6.04. The summed E-state index contributed by atoms with van der Waals surface area (Å²) in [7, 11) is 0. The van der Waals surface area contributed by atoms with Crippen LogP contribution in [0.4, 0.5) is 16.3 Å². The van der Waals surface area contributed by atoms with Crippen molar-refractivity contribution in [1.29, 1.82) is 0 Å². The molecule has 0 atom stereocenters. The van der Waals surface area contributed by atoms with E-state index in [0.29, 0.717) is 24.5 Å². The molecule has 21 heavy (non-hydrogen) atoms. The van der Waals surface area contributed by atoms with Crippen molar-refractivity contribution in [3.8, 4) is 0 Å². The van der Waals surface area contributed by atoms with Gasteiger partial charge < -0.3 is 10.6 Å². The quantitative estimate of drug-likeness (QED) is 0.902. The minimum atomic E-state index is -0.230. The fourth-order valence-corrected chi connectivity index (χ4v) is 2.14. The van der Waals surface area contributed by atoms with Gasteiger partial charge in [-0.1, -0.05) is 6.07 Å². The van der Waals surface area contributed by atoms with Crippen LogP contribution in [-0.2, 0) is 0 Å². The van der Waals surface area contributed by atoms with Gasteiger partial charge in [-0.05, 0) is 36.4 Å². The molecule has 2 N–H and O–H groups in total. The van der Waals surface area contributed by atoms with E-state index in [9.17, 15) is 9.59 Å². The van der Waals surface area contributed by atoms with E-state index in [1.165, 1.54) is 0 Å². The van der Waals surface area contributed by atoms with E-state index >= 15 is 0 Å². The largest absolute Gasteiger partial charge is 0.336 e. The second-order valence-corrected chi connectivity index (χ2v) is 4.60. The first-order valence-corrected chi connectivity index (χ1v) is 6.62. The van der Waals surface area contributed by atoms with Crippen LogP contribution in [0.2, 0.25) is 0 Å². The number of nitrogens with zero attached hydrogens (tertiary/aromatic N) is 2. The Morgan fingerprint density at radius 1 is 1.19 bits per heavy atom. The van der Waals surface area contributed by atoms with Crippen LogP contribution in [0.1, 0.15) is 10.4 Å². The lowest BCUT2D eigenvalue weighted by molar-refractivity contribution is 0.102. The van der Waals surface area contributed by atoms with Gasteiger partial charge in [0.05, 0.1) is 0 Å². The summed E-state index contributed by atoms with van der Waals surface area (Å²) in [6.07, 6.45) is 1.62. The number of benzene rings is 1. The van der Waals surface area contributed by atoms with Crippen molar-refractivity contribution in [1.82, 2.24) is 10.3 Å². The zero-order chi connectivity index (χ0) is 14.7. The van der Waals surface area contributed by atoms with Gasteiger partial charge in [-0.2, -0.15) is 0 Å². The molecule has 3 rings (SSSR count). The number of pyridine rings is 1. The molecule has 0 radical (unpaired) electrons. The summed E-state index contributed by atoms with van der Waals surface area (Å²) in [5.74, 6) is 0.275. The van der Waals surface area contributed by atoms with Gasteiger partial charge in [0.1, 0.15) is 5.82 Å². The molecule has 1 fully saturated rings. The number of anilines is 2. The predicted octanol–water partition coefficient (Wildman–Crippen LogP) is 1.86. The van der Waals surface area contributed by atoms with Gasteiger partial charge in [0, 0.05) is 30.5 Å². The molecule has 1 aliphatic rings. The number of hydrogen-bond donors (Lipinski definition) is 2. The number of carbonyl (C=O) groups is 2. The number of amides is 3. The Kier molecular flexibility index (Phi) is 3.51. The molecule has 3 amide bonds. The molecule has 0 saturated carbocycles. The minimum Gasteiger partial charge on any atom is -0.336 e. The lowest BCUT2D eigenvalue weighted by atomic mass is 10.2. The zero-order valence-electron chi connectivity index (χ0n) is 11.2. The average Bonchev–Trinajstić information content (AvgIpc) is 2.94. The van der Waals surface area contributed by atoms with Crippen molar-refractivity contribution >= 4 is 23.4 Å². The maximum Gasteiger partial charge on any atom is 0.321 e. The van der Waals surface area contributed by atoms with Gasteiger partial charge in [-0.3, -0.25) is 9.69 Å². The highest BCUT2D eigenvalue weighted by atomic mass is 16.2. The SMILES string of the molecule is O=C(Nc1ccccn1)c1ccc(N2CCNC2=O)cc1. The van der Waals surface area contributed by atoms with Crippen molar-refractivity contribution in [2.75, 3.05) is 23.3 Å². The van der Waals surface area contributed by atoms with Gasteiger partial charge in [0.25, 0.3) is 5.91 Å². The molecular formula is C15H14N4O2. The Morgan fingerprint density at radius 2 is 2.00 bits per heavy atom. The number of urea groups is 1. The van der Waals surface area contributed by atoms with E-state index in [1.54, 1.807) is 53.6 Å². The highest BCUT2D eigenvalue weighted by Gasteiger charge is 2.21. The summed E-state index contributed by atoms with van der Waals surface area (Å²) in [6.45, 7) is 1.28.